The van der Waals surface area contributed by atoms with Crippen LogP contribution in [0.15, 0.2) is 48.5 Å². The lowest BCUT2D eigenvalue weighted by atomic mass is 9.90. The van der Waals surface area contributed by atoms with Gasteiger partial charge < -0.3 is 5.32 Å². The number of nitrogens with zero attached hydrogens (tertiary/aromatic N) is 1. The summed E-state index contributed by atoms with van der Waals surface area (Å²) in [7, 11) is 0. The lowest BCUT2D eigenvalue weighted by molar-refractivity contribution is -0.117. The van der Waals surface area contributed by atoms with Crippen LogP contribution in [0.2, 0.25) is 0 Å². The van der Waals surface area contributed by atoms with Crippen molar-refractivity contribution < 1.29 is 9.59 Å². The summed E-state index contributed by atoms with van der Waals surface area (Å²) in [4.78, 5) is 31.3. The minimum absolute atomic E-state index is 0.0334. The van der Waals surface area contributed by atoms with Crippen molar-refractivity contribution in [3.05, 3.63) is 75.8 Å². The fourth-order valence-electron chi connectivity index (χ4n) is 3.97. The van der Waals surface area contributed by atoms with Crippen molar-refractivity contribution in [2.75, 3.05) is 10.6 Å². The third-order valence-corrected chi connectivity index (χ3v) is 6.89. The van der Waals surface area contributed by atoms with Crippen LogP contribution < -0.4 is 10.6 Å². The molecule has 0 saturated heterocycles. The minimum Gasteiger partial charge on any atom is -0.326 e. The molecule has 6 heteroatoms. The molecular weight excluding hydrogens is 418 g/mol. The number of nitrogens with one attached hydrogen (secondary N) is 2. The molecule has 1 aromatic heterocycles. The van der Waals surface area contributed by atoms with Crippen LogP contribution in [-0.4, -0.2) is 16.8 Å². The maximum atomic E-state index is 13.0. The number of anilines is 2. The van der Waals surface area contributed by atoms with Gasteiger partial charge in [0, 0.05) is 16.1 Å². The third-order valence-electron chi connectivity index (χ3n) is 5.85. The van der Waals surface area contributed by atoms with Gasteiger partial charge in [0.2, 0.25) is 5.91 Å². The summed E-state index contributed by atoms with van der Waals surface area (Å²) in [6.07, 6.45) is 6.00. The molecule has 0 fully saturated rings. The van der Waals surface area contributed by atoms with E-state index >= 15 is 0 Å². The van der Waals surface area contributed by atoms with Crippen LogP contribution in [0.5, 0.6) is 0 Å². The maximum Gasteiger partial charge on any atom is 0.257 e. The predicted molar refractivity (Wildman–Crippen MR) is 131 cm³/mol. The van der Waals surface area contributed by atoms with Crippen molar-refractivity contribution in [1.82, 2.24) is 4.98 Å². The van der Waals surface area contributed by atoms with Gasteiger partial charge in [-0.25, -0.2) is 4.98 Å². The molecular formula is C26H29N3O2S. The Bertz CT molecular complexity index is 1090. The number of unbranched alkanes of at least 4 members (excludes halogenated alkanes) is 1. The number of carbonyl (C=O) groups excluding carboxylic acids is 2. The summed E-state index contributed by atoms with van der Waals surface area (Å²) in [6.45, 7) is 4.17. The number of thiazole rings is 1. The fraction of sp³-hybridized carbons (Fsp3) is 0.346. The Balaban J connectivity index is 1.43. The lowest BCUT2D eigenvalue weighted by Gasteiger charge is -2.20. The van der Waals surface area contributed by atoms with Gasteiger partial charge in [-0.3, -0.25) is 14.9 Å². The molecule has 1 atom stereocenters. The van der Waals surface area contributed by atoms with Gasteiger partial charge in [0.25, 0.3) is 5.91 Å². The monoisotopic (exact) mass is 447 g/mol. The number of aryl methyl sites for hydroxylation is 3. The number of amides is 2. The number of carbonyl (C=O) groups is 2. The molecule has 166 valence electrons. The fourth-order valence-corrected chi connectivity index (χ4v) is 5.03. The smallest absolute Gasteiger partial charge is 0.257 e. The standard InChI is InChI=1S/C26H29N3O2S/c1-3-4-6-18-11-15-20(16-12-18)27-25(31)21-7-5-8-22-23(21)28-26(32-22)29-24(30)19-13-9-17(2)10-14-19/h9-16,21H,3-8H2,1-2H3,(H,27,31)(H,28,29,30). The Morgan fingerprint density at radius 2 is 1.81 bits per heavy atom. The van der Waals surface area contributed by atoms with E-state index in [1.54, 1.807) is 0 Å². The van der Waals surface area contributed by atoms with E-state index in [0.29, 0.717) is 10.7 Å². The summed E-state index contributed by atoms with van der Waals surface area (Å²) >= 11 is 1.48. The van der Waals surface area contributed by atoms with Crippen LogP contribution in [0.3, 0.4) is 0 Å². The van der Waals surface area contributed by atoms with Crippen LogP contribution >= 0.6 is 11.3 Å². The molecule has 0 spiro atoms. The molecule has 3 aromatic rings. The first-order valence-electron chi connectivity index (χ1n) is 11.3. The molecule has 0 aliphatic heterocycles. The second-order valence-corrected chi connectivity index (χ2v) is 9.47. The molecule has 0 bridgehead atoms. The zero-order valence-corrected chi connectivity index (χ0v) is 19.4. The number of fused-ring (bicyclic) bond motifs is 1. The summed E-state index contributed by atoms with van der Waals surface area (Å²) in [5.41, 5.74) is 4.61. The highest BCUT2D eigenvalue weighted by molar-refractivity contribution is 7.16. The molecule has 1 unspecified atom stereocenters. The Labute approximate surface area is 193 Å². The number of hydrogen-bond acceptors (Lipinski definition) is 4. The van der Waals surface area contributed by atoms with Crippen LogP contribution in [0.25, 0.3) is 0 Å². The first-order chi connectivity index (χ1) is 15.5. The highest BCUT2D eigenvalue weighted by Crippen LogP contribution is 2.37. The molecule has 2 aromatic carbocycles. The highest BCUT2D eigenvalue weighted by Gasteiger charge is 2.30. The topological polar surface area (TPSA) is 71.1 Å². The van der Waals surface area contributed by atoms with Gasteiger partial charge in [-0.05, 0) is 68.9 Å². The Hall–Kier alpha value is -2.99. The van der Waals surface area contributed by atoms with Gasteiger partial charge in [-0.15, -0.1) is 11.3 Å². The number of aromatic nitrogens is 1. The molecule has 4 rings (SSSR count). The molecule has 1 aliphatic rings. The first kappa shape index (κ1) is 22.2. The first-order valence-corrected chi connectivity index (χ1v) is 12.1. The zero-order chi connectivity index (χ0) is 22.5. The lowest BCUT2D eigenvalue weighted by Crippen LogP contribution is -2.24. The summed E-state index contributed by atoms with van der Waals surface area (Å²) in [5, 5.41) is 6.52. The van der Waals surface area contributed by atoms with E-state index in [1.807, 2.05) is 43.3 Å². The Morgan fingerprint density at radius 1 is 1.06 bits per heavy atom. The van der Waals surface area contributed by atoms with Crippen LogP contribution in [-0.2, 0) is 17.6 Å². The van der Waals surface area contributed by atoms with Crippen LogP contribution in [0.1, 0.15) is 70.6 Å². The van der Waals surface area contributed by atoms with E-state index in [1.165, 1.54) is 29.7 Å². The second kappa shape index (κ2) is 10.1. The van der Waals surface area contributed by atoms with Gasteiger partial charge in [0.1, 0.15) is 0 Å². The zero-order valence-electron chi connectivity index (χ0n) is 18.6. The van der Waals surface area contributed by atoms with Crippen molar-refractivity contribution in [3.63, 3.8) is 0 Å². The molecule has 2 N–H and O–H groups in total. The van der Waals surface area contributed by atoms with Gasteiger partial charge in [-0.2, -0.15) is 0 Å². The van der Waals surface area contributed by atoms with E-state index in [2.05, 4.69) is 34.7 Å². The SMILES string of the molecule is CCCCc1ccc(NC(=O)C2CCCc3sc(NC(=O)c4ccc(C)cc4)nc32)cc1. The maximum absolute atomic E-state index is 13.0. The van der Waals surface area contributed by atoms with Crippen molar-refractivity contribution in [1.29, 1.82) is 0 Å². The average Bonchev–Trinajstić information content (AvgIpc) is 3.21. The van der Waals surface area contributed by atoms with Crippen molar-refractivity contribution in [3.8, 4) is 0 Å². The molecule has 1 aliphatic carbocycles. The largest absolute Gasteiger partial charge is 0.326 e. The van der Waals surface area contributed by atoms with Gasteiger partial charge in [-0.1, -0.05) is 43.2 Å². The van der Waals surface area contributed by atoms with Crippen LogP contribution in [0, 0.1) is 6.92 Å². The molecule has 5 nitrogen and oxygen atoms in total. The number of rotatable bonds is 7. The van der Waals surface area contributed by atoms with Crippen LogP contribution in [0.4, 0.5) is 10.8 Å². The molecule has 32 heavy (non-hydrogen) atoms. The normalized spacial score (nSPS) is 15.1. The average molecular weight is 448 g/mol. The summed E-state index contributed by atoms with van der Waals surface area (Å²) < 4.78 is 0. The van der Waals surface area contributed by atoms with E-state index in [-0.39, 0.29) is 17.7 Å². The highest BCUT2D eigenvalue weighted by atomic mass is 32.1. The predicted octanol–water partition coefficient (Wildman–Crippen LogP) is 6.11. The minimum atomic E-state index is -0.292. The molecule has 0 radical (unpaired) electrons. The second-order valence-electron chi connectivity index (χ2n) is 8.38. The number of benzene rings is 2. The van der Waals surface area contributed by atoms with Gasteiger partial charge >= 0.3 is 0 Å². The van der Waals surface area contributed by atoms with E-state index in [9.17, 15) is 9.59 Å². The van der Waals surface area contributed by atoms with Gasteiger partial charge in [0.05, 0.1) is 11.6 Å². The third kappa shape index (κ3) is 5.25. The Kier molecular flexibility index (Phi) is 7.00. The van der Waals surface area contributed by atoms with Gasteiger partial charge in [0.15, 0.2) is 5.13 Å². The van der Waals surface area contributed by atoms with Crippen molar-refractivity contribution in [2.24, 2.45) is 0 Å². The number of hydrogen-bond donors (Lipinski definition) is 2. The summed E-state index contributed by atoms with van der Waals surface area (Å²) in [5.74, 6) is -0.506. The van der Waals surface area contributed by atoms with Crippen molar-refractivity contribution >= 4 is 34.0 Å². The molecule has 2 amide bonds. The quantitative estimate of drug-likeness (QED) is 0.459. The van der Waals surface area contributed by atoms with E-state index in [4.69, 9.17) is 0 Å². The summed E-state index contributed by atoms with van der Waals surface area (Å²) in [6, 6.07) is 15.6. The van der Waals surface area contributed by atoms with E-state index < -0.39 is 0 Å². The van der Waals surface area contributed by atoms with Crippen molar-refractivity contribution in [2.45, 2.75) is 58.3 Å². The van der Waals surface area contributed by atoms with E-state index in [0.717, 1.165) is 47.5 Å². The molecule has 1 heterocycles. The Morgan fingerprint density at radius 3 is 2.53 bits per heavy atom. The molecule has 0 saturated carbocycles.